The van der Waals surface area contributed by atoms with Crippen molar-refractivity contribution >= 4 is 22.1 Å². The molecule has 0 bridgehead atoms. The van der Waals surface area contributed by atoms with E-state index in [2.05, 4.69) is 34.3 Å². The van der Waals surface area contributed by atoms with E-state index in [1.807, 2.05) is 0 Å². The van der Waals surface area contributed by atoms with Crippen molar-refractivity contribution in [1.29, 1.82) is 0 Å². The van der Waals surface area contributed by atoms with Gasteiger partial charge in [-0.1, -0.05) is 42.5 Å². The molecule has 1 atom stereocenters. The molecular formula is C24H28N2O3S2. The molecule has 4 rings (SSSR count). The predicted molar refractivity (Wildman–Crippen MR) is 126 cm³/mol. The number of nitrogens with one attached hydrogen (secondary N) is 2. The van der Waals surface area contributed by atoms with Crippen molar-refractivity contribution in [3.8, 4) is 0 Å². The maximum atomic E-state index is 12.9. The van der Waals surface area contributed by atoms with Crippen LogP contribution in [0.5, 0.6) is 0 Å². The Morgan fingerprint density at radius 2 is 1.81 bits per heavy atom. The molecule has 1 heterocycles. The van der Waals surface area contributed by atoms with Crippen molar-refractivity contribution in [3.63, 3.8) is 0 Å². The molecular weight excluding hydrogens is 428 g/mol. The predicted octanol–water partition coefficient (Wildman–Crippen LogP) is 4.83. The summed E-state index contributed by atoms with van der Waals surface area (Å²) in [6.07, 6.45) is 15.6. The summed E-state index contributed by atoms with van der Waals surface area (Å²) in [5, 5.41) is 0. The lowest BCUT2D eigenvalue weighted by Crippen LogP contribution is -2.25. The quantitative estimate of drug-likeness (QED) is 0.631. The average molecular weight is 457 g/mol. The number of rotatable bonds is 5. The van der Waals surface area contributed by atoms with Gasteiger partial charge >= 0.3 is 0 Å². The van der Waals surface area contributed by atoms with Gasteiger partial charge in [0.15, 0.2) is 14.6 Å². The Labute approximate surface area is 188 Å². The van der Waals surface area contributed by atoms with Crippen LogP contribution in [0.3, 0.4) is 0 Å². The smallest absolute Gasteiger partial charge is 0.255 e. The van der Waals surface area contributed by atoms with E-state index in [9.17, 15) is 13.2 Å². The van der Waals surface area contributed by atoms with Gasteiger partial charge in [0.05, 0.1) is 4.90 Å². The maximum absolute atomic E-state index is 12.9. The molecule has 2 aliphatic carbocycles. The van der Waals surface area contributed by atoms with Crippen molar-refractivity contribution in [2.75, 3.05) is 6.26 Å². The number of benzene rings is 1. The number of aromatic amines is 2. The number of allylic oxidation sites excluding steroid dienone is 4. The topological polar surface area (TPSA) is 82.8 Å². The summed E-state index contributed by atoms with van der Waals surface area (Å²) in [4.78, 5) is 19.1. The summed E-state index contributed by atoms with van der Waals surface area (Å²) >= 11 is 5.27. The van der Waals surface area contributed by atoms with Crippen LogP contribution >= 0.6 is 12.2 Å². The van der Waals surface area contributed by atoms with Crippen molar-refractivity contribution in [1.82, 2.24) is 9.97 Å². The zero-order chi connectivity index (χ0) is 22.0. The van der Waals surface area contributed by atoms with E-state index in [1.54, 1.807) is 24.3 Å². The van der Waals surface area contributed by atoms with Crippen LogP contribution < -0.4 is 5.56 Å². The SMILES string of the molecule is CS(=O)(=O)c1ccccc1Cc1c(C2CCC(C3C=CC=CC3)CC2)[nH]c(=S)[nH]c1=O. The number of hydrogen-bond acceptors (Lipinski definition) is 4. The molecule has 0 amide bonds. The highest BCUT2D eigenvalue weighted by atomic mass is 32.2. The molecule has 1 aromatic carbocycles. The highest BCUT2D eigenvalue weighted by Crippen LogP contribution is 2.41. The molecule has 31 heavy (non-hydrogen) atoms. The molecule has 2 N–H and O–H groups in total. The van der Waals surface area contributed by atoms with Crippen molar-refractivity contribution in [2.24, 2.45) is 11.8 Å². The van der Waals surface area contributed by atoms with E-state index in [4.69, 9.17) is 12.2 Å². The van der Waals surface area contributed by atoms with Gasteiger partial charge in [0.1, 0.15) is 0 Å². The third kappa shape index (κ3) is 4.99. The minimum absolute atomic E-state index is 0.226. The summed E-state index contributed by atoms with van der Waals surface area (Å²) in [5.41, 5.74) is 1.86. The molecule has 2 aliphatic rings. The zero-order valence-electron chi connectivity index (χ0n) is 17.6. The van der Waals surface area contributed by atoms with Crippen molar-refractivity contribution in [3.05, 3.63) is 80.5 Å². The molecule has 1 unspecified atom stereocenters. The van der Waals surface area contributed by atoms with Gasteiger partial charge in [-0.15, -0.1) is 0 Å². The zero-order valence-corrected chi connectivity index (χ0v) is 19.3. The van der Waals surface area contributed by atoms with Crippen LogP contribution in [-0.4, -0.2) is 24.6 Å². The number of H-pyrrole nitrogens is 2. The fraction of sp³-hybridized carbons (Fsp3) is 0.417. The first-order chi connectivity index (χ1) is 14.8. The first-order valence-electron chi connectivity index (χ1n) is 10.8. The molecule has 1 fully saturated rings. The third-order valence-corrected chi connectivity index (χ3v) is 8.01. The molecule has 164 valence electrons. The Bertz CT molecular complexity index is 1230. The van der Waals surface area contributed by atoms with Crippen LogP contribution in [0.4, 0.5) is 0 Å². The number of aromatic nitrogens is 2. The minimum atomic E-state index is -3.39. The Balaban J connectivity index is 1.62. The lowest BCUT2D eigenvalue weighted by atomic mass is 9.72. The third-order valence-electron chi connectivity index (χ3n) is 6.61. The molecule has 2 aromatic rings. The van der Waals surface area contributed by atoms with Gasteiger partial charge in [-0.2, -0.15) is 0 Å². The van der Waals surface area contributed by atoms with Gasteiger partial charge in [-0.25, -0.2) is 8.42 Å². The molecule has 1 saturated carbocycles. The normalized spacial score (nSPS) is 23.7. The fourth-order valence-electron chi connectivity index (χ4n) is 5.04. The van der Waals surface area contributed by atoms with E-state index in [0.717, 1.165) is 37.8 Å². The molecule has 0 aliphatic heterocycles. The second-order valence-corrected chi connectivity index (χ2v) is 11.1. The Hall–Kier alpha value is -2.25. The molecule has 7 heteroatoms. The Morgan fingerprint density at radius 3 is 2.48 bits per heavy atom. The van der Waals surface area contributed by atoms with Gasteiger partial charge in [0, 0.05) is 23.9 Å². The van der Waals surface area contributed by atoms with Gasteiger partial charge in [-0.05, 0) is 73.7 Å². The molecule has 0 radical (unpaired) electrons. The molecule has 1 aromatic heterocycles. The van der Waals surface area contributed by atoms with Crippen LogP contribution in [0.25, 0.3) is 0 Å². The van der Waals surface area contributed by atoms with Gasteiger partial charge in [0.25, 0.3) is 5.56 Å². The lowest BCUT2D eigenvalue weighted by Gasteiger charge is -2.33. The number of hydrogen-bond donors (Lipinski definition) is 2. The van der Waals surface area contributed by atoms with E-state index < -0.39 is 9.84 Å². The fourth-order valence-corrected chi connectivity index (χ4v) is 6.19. The summed E-state index contributed by atoms with van der Waals surface area (Å²) in [7, 11) is -3.39. The summed E-state index contributed by atoms with van der Waals surface area (Å²) in [5.74, 6) is 1.49. The highest BCUT2D eigenvalue weighted by Gasteiger charge is 2.29. The minimum Gasteiger partial charge on any atom is -0.335 e. The largest absolute Gasteiger partial charge is 0.335 e. The van der Waals surface area contributed by atoms with Crippen LogP contribution in [0, 0.1) is 16.6 Å². The van der Waals surface area contributed by atoms with Crippen LogP contribution in [0.1, 0.15) is 54.8 Å². The van der Waals surface area contributed by atoms with Gasteiger partial charge in [0.2, 0.25) is 0 Å². The van der Waals surface area contributed by atoms with Crippen molar-refractivity contribution in [2.45, 2.75) is 49.3 Å². The van der Waals surface area contributed by atoms with E-state index in [1.165, 1.54) is 6.26 Å². The Morgan fingerprint density at radius 1 is 1.06 bits per heavy atom. The van der Waals surface area contributed by atoms with E-state index in [-0.39, 0.29) is 22.8 Å². The molecule has 5 nitrogen and oxygen atoms in total. The monoisotopic (exact) mass is 456 g/mol. The maximum Gasteiger partial charge on any atom is 0.255 e. The van der Waals surface area contributed by atoms with E-state index >= 15 is 0 Å². The highest BCUT2D eigenvalue weighted by molar-refractivity contribution is 7.90. The number of sulfone groups is 1. The van der Waals surface area contributed by atoms with Crippen LogP contribution in [0.15, 0.2) is 58.3 Å². The van der Waals surface area contributed by atoms with Crippen LogP contribution in [-0.2, 0) is 16.3 Å². The Kier molecular flexibility index (Phi) is 6.44. The summed E-state index contributed by atoms with van der Waals surface area (Å²) in [6, 6.07) is 6.89. The summed E-state index contributed by atoms with van der Waals surface area (Å²) in [6.45, 7) is 0. The average Bonchev–Trinajstić information content (AvgIpc) is 2.76. The standard InChI is InChI=1S/C24H28N2O3S2/c1-31(28,29)21-10-6-5-9-19(21)15-20-22(25-24(30)26-23(20)27)18-13-11-17(12-14-18)16-7-3-2-4-8-16/h2-7,9-10,16-18H,8,11-15H2,1H3,(H2,25,26,27,30). The first kappa shape index (κ1) is 22.0. The van der Waals surface area contributed by atoms with Gasteiger partial charge in [-0.3, -0.25) is 9.78 Å². The first-order valence-corrected chi connectivity index (χ1v) is 13.1. The van der Waals surface area contributed by atoms with Crippen LogP contribution in [0.2, 0.25) is 0 Å². The van der Waals surface area contributed by atoms with Crippen molar-refractivity contribution < 1.29 is 8.42 Å². The van der Waals surface area contributed by atoms with Gasteiger partial charge < -0.3 is 4.98 Å². The van der Waals surface area contributed by atoms with E-state index in [0.29, 0.717) is 27.7 Å². The molecule has 0 saturated heterocycles. The molecule has 0 spiro atoms. The lowest BCUT2D eigenvalue weighted by molar-refractivity contribution is 0.262. The second kappa shape index (κ2) is 9.09. The summed E-state index contributed by atoms with van der Waals surface area (Å²) < 4.78 is 24.8. The second-order valence-electron chi connectivity index (χ2n) is 8.68.